The fourth-order valence-corrected chi connectivity index (χ4v) is 3.65. The second-order valence-corrected chi connectivity index (χ2v) is 19.3. The number of rotatable bonds is 5. The topological polar surface area (TPSA) is 44.8 Å². The van der Waals surface area contributed by atoms with Crippen molar-refractivity contribution in [1.29, 1.82) is 0 Å². The van der Waals surface area contributed by atoms with Crippen LogP contribution in [-0.2, 0) is 4.43 Å². The summed E-state index contributed by atoms with van der Waals surface area (Å²) in [5, 5.41) is -0.0216. The zero-order valence-corrected chi connectivity index (χ0v) is 20.4. The fourth-order valence-electron chi connectivity index (χ4n) is 1.75. The van der Waals surface area contributed by atoms with Crippen LogP contribution in [0.25, 0.3) is 0 Å². The Kier molecular flexibility index (Phi) is 6.47. The lowest BCUT2D eigenvalue weighted by Crippen LogP contribution is -2.45. The Morgan fingerprint density at radius 1 is 0.885 bits per heavy atom. The van der Waals surface area contributed by atoms with Crippen LogP contribution in [0.3, 0.4) is 0 Å². The van der Waals surface area contributed by atoms with E-state index in [2.05, 4.69) is 67.7 Å². The van der Waals surface area contributed by atoms with Gasteiger partial charge in [-0.15, -0.1) is 0 Å². The van der Waals surface area contributed by atoms with E-state index in [0.29, 0.717) is 17.1 Å². The fraction of sp³-hybridized carbons (Fsp3) is 0.650. The number of carbonyl (C=O) groups excluding carboxylic acids is 1. The molecule has 6 heteroatoms. The lowest BCUT2D eigenvalue weighted by atomic mass is 10.2. The molecule has 0 radical (unpaired) electrons. The molecule has 0 fully saturated rings. The highest BCUT2D eigenvalue weighted by molar-refractivity contribution is 6.76. The van der Waals surface area contributed by atoms with Gasteiger partial charge in [0.05, 0.1) is 12.7 Å². The number of ether oxygens (including phenoxy) is 1. The van der Waals surface area contributed by atoms with Crippen LogP contribution in [0.5, 0.6) is 11.5 Å². The zero-order valence-electron chi connectivity index (χ0n) is 18.4. The van der Waals surface area contributed by atoms with Crippen molar-refractivity contribution in [2.75, 3.05) is 7.11 Å². The van der Waals surface area contributed by atoms with Gasteiger partial charge in [0.2, 0.25) is 0 Å². The van der Waals surface area contributed by atoms with Crippen molar-refractivity contribution < 1.29 is 18.4 Å². The molecule has 0 amide bonds. The van der Waals surface area contributed by atoms with Gasteiger partial charge in [0.15, 0.2) is 0 Å². The summed E-state index contributed by atoms with van der Waals surface area (Å²) in [7, 11) is -2.71. The monoisotopic (exact) mass is 396 g/mol. The van der Waals surface area contributed by atoms with Crippen molar-refractivity contribution in [3.05, 3.63) is 23.8 Å². The molecule has 0 aliphatic carbocycles. The molecule has 0 saturated heterocycles. The predicted molar refractivity (Wildman–Crippen MR) is 113 cm³/mol. The third-order valence-corrected chi connectivity index (χ3v) is 14.4. The van der Waals surface area contributed by atoms with Crippen LogP contribution in [0.2, 0.25) is 36.3 Å². The van der Waals surface area contributed by atoms with Crippen molar-refractivity contribution in [2.24, 2.45) is 0 Å². The van der Waals surface area contributed by atoms with E-state index < -0.39 is 16.6 Å². The largest absolute Gasteiger partial charge is 0.543 e. The van der Waals surface area contributed by atoms with Crippen LogP contribution in [0.1, 0.15) is 51.9 Å². The van der Waals surface area contributed by atoms with Crippen molar-refractivity contribution in [2.45, 2.75) is 77.8 Å². The smallest absolute Gasteiger partial charge is 0.328 e. The summed E-state index contributed by atoms with van der Waals surface area (Å²) in [6.45, 7) is 21.3. The minimum Gasteiger partial charge on any atom is -0.543 e. The molecule has 0 spiro atoms. The third kappa shape index (κ3) is 5.13. The van der Waals surface area contributed by atoms with Gasteiger partial charge in [-0.2, -0.15) is 0 Å². The average Bonchev–Trinajstić information content (AvgIpc) is 2.43. The van der Waals surface area contributed by atoms with E-state index in [9.17, 15) is 4.79 Å². The Morgan fingerprint density at radius 2 is 1.38 bits per heavy atom. The highest BCUT2D eigenvalue weighted by atomic mass is 28.4. The second-order valence-electron chi connectivity index (χ2n) is 9.87. The Bertz CT molecular complexity index is 653. The van der Waals surface area contributed by atoms with Gasteiger partial charge in [-0.25, -0.2) is 4.79 Å². The van der Waals surface area contributed by atoms with Gasteiger partial charge in [-0.05, 0) is 48.4 Å². The quantitative estimate of drug-likeness (QED) is 0.552. The first-order chi connectivity index (χ1) is 11.5. The van der Waals surface area contributed by atoms with E-state index in [1.165, 1.54) is 0 Å². The molecule has 0 unspecified atom stereocenters. The normalized spacial score (nSPS) is 13.3. The van der Waals surface area contributed by atoms with Crippen molar-refractivity contribution >= 4 is 22.6 Å². The molecule has 0 N–H and O–H groups in total. The van der Waals surface area contributed by atoms with Gasteiger partial charge in [0, 0.05) is 6.07 Å². The Balaban J connectivity index is 3.30. The van der Waals surface area contributed by atoms with Crippen LogP contribution in [0, 0.1) is 0 Å². The molecule has 148 valence electrons. The summed E-state index contributed by atoms with van der Waals surface area (Å²) < 4.78 is 17.8. The van der Waals surface area contributed by atoms with E-state index in [1.807, 2.05) is 0 Å². The zero-order chi connectivity index (χ0) is 20.6. The summed E-state index contributed by atoms with van der Waals surface area (Å²) in [4.78, 5) is 13.0. The predicted octanol–water partition coefficient (Wildman–Crippen LogP) is 6.24. The van der Waals surface area contributed by atoms with E-state index in [1.54, 1.807) is 25.3 Å². The maximum Gasteiger partial charge on any atom is 0.328 e. The molecular formula is C20H36O4Si2. The van der Waals surface area contributed by atoms with Crippen molar-refractivity contribution in [1.82, 2.24) is 0 Å². The number of benzene rings is 1. The van der Waals surface area contributed by atoms with Gasteiger partial charge in [0.25, 0.3) is 16.6 Å². The molecule has 0 aromatic heterocycles. The summed E-state index contributed by atoms with van der Waals surface area (Å²) in [6.07, 6.45) is 0. The van der Waals surface area contributed by atoms with E-state index in [-0.39, 0.29) is 16.0 Å². The third-order valence-electron chi connectivity index (χ3n) is 5.73. The lowest BCUT2D eigenvalue weighted by Gasteiger charge is -2.38. The molecule has 4 nitrogen and oxygen atoms in total. The summed E-state index contributed by atoms with van der Waals surface area (Å²) in [5.74, 6) is 0.912. The number of methoxy groups -OCH3 is 1. The molecular weight excluding hydrogens is 360 g/mol. The van der Waals surface area contributed by atoms with Gasteiger partial charge < -0.3 is 13.6 Å². The van der Waals surface area contributed by atoms with Crippen LogP contribution in [0.15, 0.2) is 18.2 Å². The molecule has 0 aliphatic rings. The van der Waals surface area contributed by atoms with Crippen LogP contribution in [-0.4, -0.2) is 29.7 Å². The lowest BCUT2D eigenvalue weighted by molar-refractivity contribution is 0.0710. The molecule has 0 heterocycles. The first-order valence-electron chi connectivity index (χ1n) is 9.12. The molecule has 26 heavy (non-hydrogen) atoms. The van der Waals surface area contributed by atoms with Crippen LogP contribution in [0.4, 0.5) is 0 Å². The minimum absolute atomic E-state index is 0.0245. The van der Waals surface area contributed by atoms with Crippen molar-refractivity contribution in [3.8, 4) is 11.5 Å². The summed E-state index contributed by atoms with van der Waals surface area (Å²) >= 11 is 0. The SMILES string of the molecule is COc1ccc(C(=O)O[Si](C)(C)C(C)(C)C)c(O[Si](C)(C)C(C)(C)C)c1. The molecule has 1 rings (SSSR count). The number of hydrogen-bond donors (Lipinski definition) is 0. The summed E-state index contributed by atoms with van der Waals surface area (Å²) in [5.41, 5.74) is 0.473. The van der Waals surface area contributed by atoms with E-state index in [0.717, 1.165) is 0 Å². The molecule has 0 aliphatic heterocycles. The Morgan fingerprint density at radius 3 is 1.81 bits per heavy atom. The minimum atomic E-state index is -2.22. The maximum absolute atomic E-state index is 13.0. The standard InChI is InChI=1S/C20H36O4Si2/c1-19(2,3)25(8,9)23-17-14-15(22-7)12-13-16(17)18(21)24-26(10,11)20(4,5)6/h12-14H,1-11H3. The van der Waals surface area contributed by atoms with E-state index >= 15 is 0 Å². The highest BCUT2D eigenvalue weighted by Crippen LogP contribution is 2.41. The van der Waals surface area contributed by atoms with Crippen LogP contribution >= 0.6 is 0 Å². The first-order valence-corrected chi connectivity index (χ1v) is 14.9. The number of hydrogen-bond acceptors (Lipinski definition) is 4. The first kappa shape index (κ1) is 22.8. The Hall–Kier alpha value is -1.28. The highest BCUT2D eigenvalue weighted by Gasteiger charge is 2.42. The summed E-state index contributed by atoms with van der Waals surface area (Å²) in [6, 6.07) is 5.32. The van der Waals surface area contributed by atoms with E-state index in [4.69, 9.17) is 13.6 Å². The van der Waals surface area contributed by atoms with Gasteiger partial charge in [-0.3, -0.25) is 0 Å². The van der Waals surface area contributed by atoms with Gasteiger partial charge >= 0.3 is 5.97 Å². The molecule has 0 atom stereocenters. The molecule has 0 bridgehead atoms. The molecule has 0 saturated carbocycles. The molecule has 1 aromatic carbocycles. The Labute approximate surface area is 161 Å². The second kappa shape index (κ2) is 7.39. The number of carbonyl (C=O) groups is 1. The maximum atomic E-state index is 13.0. The van der Waals surface area contributed by atoms with Crippen LogP contribution < -0.4 is 9.16 Å². The van der Waals surface area contributed by atoms with Gasteiger partial charge in [-0.1, -0.05) is 41.5 Å². The van der Waals surface area contributed by atoms with Gasteiger partial charge in [0.1, 0.15) is 11.5 Å². The average molecular weight is 397 g/mol. The molecule has 1 aromatic rings. The van der Waals surface area contributed by atoms with Crippen molar-refractivity contribution in [3.63, 3.8) is 0 Å².